The van der Waals surface area contributed by atoms with Crippen LogP contribution in [0.2, 0.25) is 0 Å². The normalized spacial score (nSPS) is 11.8. The van der Waals surface area contributed by atoms with Crippen LogP contribution >= 0.6 is 0 Å². The third-order valence-electron chi connectivity index (χ3n) is 9.01. The number of carbonyl (C=O) groups excluding carboxylic acids is 2. The Kier molecular flexibility index (Phi) is 37.5. The summed E-state index contributed by atoms with van der Waals surface area (Å²) in [6.07, 6.45) is 38.9. The Bertz CT molecular complexity index is 771. The van der Waals surface area contributed by atoms with E-state index in [1.54, 1.807) is 0 Å². The molecular formula is C42H81N3O4. The summed E-state index contributed by atoms with van der Waals surface area (Å²) in [7, 11) is 3.97. The third kappa shape index (κ3) is 38.8. The van der Waals surface area contributed by atoms with Gasteiger partial charge in [0.2, 0.25) is 0 Å². The fourth-order valence-electron chi connectivity index (χ4n) is 5.81. The Morgan fingerprint density at radius 3 is 1.65 bits per heavy atom. The van der Waals surface area contributed by atoms with Crippen molar-refractivity contribution in [3.05, 3.63) is 24.3 Å². The van der Waals surface area contributed by atoms with E-state index in [9.17, 15) is 9.59 Å². The Balaban J connectivity index is 4.10. The second-order valence-electron chi connectivity index (χ2n) is 14.2. The van der Waals surface area contributed by atoms with Crippen LogP contribution in [0.15, 0.2) is 24.3 Å². The number of alkyl carbamates (subject to hydrolysis) is 1. The number of nitrogens with zero attached hydrogens (tertiary/aromatic N) is 2. The van der Waals surface area contributed by atoms with Crippen LogP contribution in [0.4, 0.5) is 4.79 Å². The van der Waals surface area contributed by atoms with Crippen LogP contribution in [0.5, 0.6) is 0 Å². The number of carbonyl (C=O) groups is 2. The highest BCUT2D eigenvalue weighted by atomic mass is 16.5. The van der Waals surface area contributed by atoms with E-state index in [2.05, 4.69) is 48.4 Å². The zero-order valence-electron chi connectivity index (χ0n) is 33.0. The lowest BCUT2D eigenvalue weighted by Gasteiger charge is -2.22. The smallest absolute Gasteiger partial charge is 0.407 e. The van der Waals surface area contributed by atoms with Gasteiger partial charge in [-0.05, 0) is 85.0 Å². The number of esters is 1. The van der Waals surface area contributed by atoms with Crippen LogP contribution in [0, 0.1) is 0 Å². The molecule has 0 bridgehead atoms. The Morgan fingerprint density at radius 2 is 1.04 bits per heavy atom. The van der Waals surface area contributed by atoms with Gasteiger partial charge >= 0.3 is 12.1 Å². The zero-order chi connectivity index (χ0) is 35.9. The van der Waals surface area contributed by atoms with Crippen LogP contribution in [0.1, 0.15) is 174 Å². The maximum Gasteiger partial charge on any atom is 0.407 e. The first kappa shape index (κ1) is 47.1. The molecule has 0 heterocycles. The van der Waals surface area contributed by atoms with E-state index in [1.807, 2.05) is 19.0 Å². The molecule has 0 aliphatic rings. The molecule has 7 heteroatoms. The van der Waals surface area contributed by atoms with Crippen molar-refractivity contribution < 1.29 is 19.1 Å². The molecule has 1 amide bonds. The lowest BCUT2D eigenvalue weighted by Crippen LogP contribution is -2.35. The molecule has 0 saturated heterocycles. The quantitative estimate of drug-likeness (QED) is 0.0397. The first-order valence-electron chi connectivity index (χ1n) is 20.7. The number of hydrogen-bond acceptors (Lipinski definition) is 6. The highest BCUT2D eigenvalue weighted by molar-refractivity contribution is 5.69. The molecule has 1 N–H and O–H groups in total. The molecule has 288 valence electrons. The van der Waals surface area contributed by atoms with Gasteiger partial charge in [0.1, 0.15) is 6.61 Å². The first-order valence-corrected chi connectivity index (χ1v) is 20.7. The van der Waals surface area contributed by atoms with Gasteiger partial charge in [0, 0.05) is 26.1 Å². The Hall–Kier alpha value is -1.86. The number of ether oxygens (including phenoxy) is 2. The summed E-state index contributed by atoms with van der Waals surface area (Å²) < 4.78 is 10.9. The lowest BCUT2D eigenvalue weighted by molar-refractivity contribution is -0.143. The minimum atomic E-state index is -0.337. The van der Waals surface area contributed by atoms with E-state index < -0.39 is 0 Å². The number of likely N-dealkylation sites (N-methyl/N-ethyl adjacent to an activating group) is 1. The number of unbranched alkanes of at least 4 members (excludes halogenated alkanes) is 19. The molecule has 0 aliphatic carbocycles. The summed E-state index contributed by atoms with van der Waals surface area (Å²) in [6.45, 7) is 9.62. The molecule has 0 radical (unpaired) electrons. The van der Waals surface area contributed by atoms with E-state index >= 15 is 0 Å². The summed E-state index contributed by atoms with van der Waals surface area (Å²) in [4.78, 5) is 28.7. The van der Waals surface area contributed by atoms with Crippen LogP contribution in [0.25, 0.3) is 0 Å². The predicted octanol–water partition coefficient (Wildman–Crippen LogP) is 11.0. The molecule has 0 aromatic heterocycles. The van der Waals surface area contributed by atoms with Gasteiger partial charge in [-0.25, -0.2) is 4.79 Å². The van der Waals surface area contributed by atoms with Gasteiger partial charge in [0.15, 0.2) is 0 Å². The molecule has 0 aliphatic heterocycles. The molecule has 0 saturated carbocycles. The Morgan fingerprint density at radius 1 is 0.531 bits per heavy atom. The largest absolute Gasteiger partial charge is 0.466 e. The zero-order valence-corrected chi connectivity index (χ0v) is 33.0. The van der Waals surface area contributed by atoms with Crippen LogP contribution in [0.3, 0.4) is 0 Å². The van der Waals surface area contributed by atoms with E-state index in [0.29, 0.717) is 26.2 Å². The number of amides is 1. The monoisotopic (exact) mass is 692 g/mol. The Labute approximate surface area is 304 Å². The summed E-state index contributed by atoms with van der Waals surface area (Å²) in [5, 5.41) is 2.82. The fraction of sp³-hybridized carbons (Fsp3) is 0.857. The molecule has 0 unspecified atom stereocenters. The maximum absolute atomic E-state index is 12.2. The SMILES string of the molecule is CCCCC/C=C\C/C=C\CCCCCCCCN(CCCCCC(=O)OCCCCCCCCCCC)CCOC(=O)NCCN(C)C. The molecule has 7 nitrogen and oxygen atoms in total. The second-order valence-corrected chi connectivity index (χ2v) is 14.2. The topological polar surface area (TPSA) is 71.1 Å². The number of hydrogen-bond donors (Lipinski definition) is 1. The molecule has 0 fully saturated rings. The average molecular weight is 692 g/mol. The minimum Gasteiger partial charge on any atom is -0.466 e. The van der Waals surface area contributed by atoms with Crippen LogP contribution < -0.4 is 5.32 Å². The predicted molar refractivity (Wildman–Crippen MR) is 210 cm³/mol. The van der Waals surface area contributed by atoms with Crippen molar-refractivity contribution >= 4 is 12.1 Å². The van der Waals surface area contributed by atoms with E-state index in [4.69, 9.17) is 9.47 Å². The van der Waals surface area contributed by atoms with Crippen molar-refractivity contribution in [3.63, 3.8) is 0 Å². The van der Waals surface area contributed by atoms with Crippen molar-refractivity contribution in [3.8, 4) is 0 Å². The summed E-state index contributed by atoms with van der Waals surface area (Å²) in [5.74, 6) is -0.0496. The molecule has 0 spiro atoms. The van der Waals surface area contributed by atoms with Crippen molar-refractivity contribution in [2.45, 2.75) is 174 Å². The first-order chi connectivity index (χ1) is 24.0. The molecular weight excluding hydrogens is 610 g/mol. The van der Waals surface area contributed by atoms with E-state index in [-0.39, 0.29) is 12.1 Å². The van der Waals surface area contributed by atoms with Crippen LogP contribution in [-0.2, 0) is 14.3 Å². The number of allylic oxidation sites excluding steroid dienone is 4. The number of rotatable bonds is 37. The molecule has 0 aromatic rings. The van der Waals surface area contributed by atoms with Gasteiger partial charge in [-0.1, -0.05) is 134 Å². The maximum atomic E-state index is 12.2. The second kappa shape index (κ2) is 38.9. The fourth-order valence-corrected chi connectivity index (χ4v) is 5.81. The highest BCUT2D eigenvalue weighted by Gasteiger charge is 2.09. The lowest BCUT2D eigenvalue weighted by atomic mass is 10.1. The minimum absolute atomic E-state index is 0.0496. The molecule has 0 rings (SSSR count). The standard InChI is InChI=1S/C42H81N3O4/c1-5-7-9-11-13-15-16-17-18-19-20-21-22-24-26-30-35-45(38-40-49-42(47)43-34-37-44(3)4)36-31-28-29-33-41(46)48-39-32-27-25-23-14-12-10-8-6-2/h13,15,17-18H,5-12,14,16,19-40H2,1-4H3,(H,43,47)/b15-13-,18-17-. The van der Waals surface area contributed by atoms with Gasteiger partial charge in [-0.3, -0.25) is 9.69 Å². The van der Waals surface area contributed by atoms with Gasteiger partial charge < -0.3 is 19.7 Å². The van der Waals surface area contributed by atoms with E-state index in [0.717, 1.165) is 64.7 Å². The van der Waals surface area contributed by atoms with Gasteiger partial charge in [0.25, 0.3) is 0 Å². The van der Waals surface area contributed by atoms with Gasteiger partial charge in [0.05, 0.1) is 6.61 Å². The van der Waals surface area contributed by atoms with Crippen molar-refractivity contribution in [2.24, 2.45) is 0 Å². The molecule has 49 heavy (non-hydrogen) atoms. The summed E-state index contributed by atoms with van der Waals surface area (Å²) in [5.41, 5.74) is 0. The summed E-state index contributed by atoms with van der Waals surface area (Å²) in [6, 6.07) is 0. The van der Waals surface area contributed by atoms with Gasteiger partial charge in [-0.15, -0.1) is 0 Å². The number of nitrogens with one attached hydrogen (secondary N) is 1. The molecule has 0 atom stereocenters. The highest BCUT2D eigenvalue weighted by Crippen LogP contribution is 2.12. The van der Waals surface area contributed by atoms with Crippen LogP contribution in [-0.4, -0.2) is 81.9 Å². The van der Waals surface area contributed by atoms with Crippen molar-refractivity contribution in [2.75, 3.05) is 60.0 Å². The molecule has 0 aromatic carbocycles. The third-order valence-corrected chi connectivity index (χ3v) is 9.01. The summed E-state index contributed by atoms with van der Waals surface area (Å²) >= 11 is 0. The van der Waals surface area contributed by atoms with E-state index in [1.165, 1.54) is 116 Å². The van der Waals surface area contributed by atoms with Crippen molar-refractivity contribution in [1.82, 2.24) is 15.1 Å². The van der Waals surface area contributed by atoms with Crippen molar-refractivity contribution in [1.29, 1.82) is 0 Å². The average Bonchev–Trinajstić information content (AvgIpc) is 3.08. The van der Waals surface area contributed by atoms with Gasteiger partial charge in [-0.2, -0.15) is 0 Å².